The lowest BCUT2D eigenvalue weighted by Crippen LogP contribution is -2.36. The van der Waals surface area contributed by atoms with Crippen LogP contribution in [-0.4, -0.2) is 16.0 Å². The number of nitrogens with two attached hydrogens (primary N) is 1. The van der Waals surface area contributed by atoms with E-state index in [0.717, 1.165) is 5.56 Å². The number of rotatable bonds is 2. The fourth-order valence-electron chi connectivity index (χ4n) is 2.38. The second-order valence-electron chi connectivity index (χ2n) is 4.63. The lowest BCUT2D eigenvalue weighted by molar-refractivity contribution is -0.133. The first-order valence-electron chi connectivity index (χ1n) is 5.93. The maximum Gasteiger partial charge on any atom is 0.261 e. The highest BCUT2D eigenvalue weighted by molar-refractivity contribution is 6.05. The van der Waals surface area contributed by atoms with E-state index < -0.39 is 11.5 Å². The van der Waals surface area contributed by atoms with Crippen molar-refractivity contribution in [3.8, 4) is 0 Å². The third-order valence-corrected chi connectivity index (χ3v) is 3.30. The van der Waals surface area contributed by atoms with Gasteiger partial charge in [-0.2, -0.15) is 0 Å². The molecule has 1 aromatic heterocycles. The van der Waals surface area contributed by atoms with Gasteiger partial charge in [0, 0.05) is 23.9 Å². The summed E-state index contributed by atoms with van der Waals surface area (Å²) in [6, 6.07) is 10.5. The van der Waals surface area contributed by atoms with Gasteiger partial charge in [-0.05, 0) is 23.8 Å². The van der Waals surface area contributed by atoms with Crippen LogP contribution in [0.4, 0.5) is 11.5 Å². The summed E-state index contributed by atoms with van der Waals surface area (Å²) < 4.78 is 0. The molecule has 3 rings (SSSR count). The van der Waals surface area contributed by atoms with Crippen molar-refractivity contribution in [3.63, 3.8) is 0 Å². The lowest BCUT2D eigenvalue weighted by atomic mass is 9.89. The monoisotopic (exact) mass is 255 g/mol. The number of nitrogens with one attached hydrogen (secondary N) is 1. The van der Waals surface area contributed by atoms with Gasteiger partial charge in [-0.3, -0.25) is 4.79 Å². The van der Waals surface area contributed by atoms with Gasteiger partial charge < -0.3 is 16.2 Å². The molecule has 19 heavy (non-hydrogen) atoms. The molecule has 0 saturated heterocycles. The van der Waals surface area contributed by atoms with Crippen LogP contribution in [0.25, 0.3) is 0 Å². The lowest BCUT2D eigenvalue weighted by Gasteiger charge is -2.20. The Labute approximate surface area is 110 Å². The van der Waals surface area contributed by atoms with Crippen molar-refractivity contribution in [2.75, 3.05) is 11.1 Å². The highest BCUT2D eigenvalue weighted by Crippen LogP contribution is 2.38. The molecule has 2 aromatic rings. The zero-order valence-corrected chi connectivity index (χ0v) is 10.1. The Bertz CT molecular complexity index is 657. The van der Waals surface area contributed by atoms with Crippen molar-refractivity contribution >= 4 is 17.4 Å². The minimum absolute atomic E-state index is 0.169. The Balaban J connectivity index is 2.01. The van der Waals surface area contributed by atoms with Crippen molar-refractivity contribution in [1.82, 2.24) is 4.98 Å². The Hall–Kier alpha value is -2.40. The molecule has 1 unspecified atom stereocenters. The standard InChI is InChI=1S/C14H13N3O2/c15-12-7-9(5-6-16-12)8-14(19)10-3-1-2-4-11(10)17-13(14)18/h1-7,19H,8H2,(H2,15,16)(H,17,18). The van der Waals surface area contributed by atoms with Gasteiger partial charge in [-0.15, -0.1) is 0 Å². The number of aromatic nitrogens is 1. The van der Waals surface area contributed by atoms with E-state index in [4.69, 9.17) is 5.73 Å². The predicted octanol–water partition coefficient (Wildman–Crippen LogP) is 1.05. The number of hydrogen-bond donors (Lipinski definition) is 3. The molecule has 1 atom stereocenters. The predicted molar refractivity (Wildman–Crippen MR) is 71.3 cm³/mol. The fraction of sp³-hybridized carbons (Fsp3) is 0.143. The molecule has 0 aliphatic carbocycles. The van der Waals surface area contributed by atoms with Crippen LogP contribution in [0.3, 0.4) is 0 Å². The maximum absolute atomic E-state index is 12.0. The number of aliphatic hydroxyl groups is 1. The third kappa shape index (κ3) is 1.84. The molecule has 5 nitrogen and oxygen atoms in total. The smallest absolute Gasteiger partial charge is 0.261 e. The van der Waals surface area contributed by atoms with Gasteiger partial charge in [0.05, 0.1) is 0 Å². The molecule has 5 heteroatoms. The molecule has 0 radical (unpaired) electrons. The van der Waals surface area contributed by atoms with Gasteiger partial charge in [-0.1, -0.05) is 18.2 Å². The van der Waals surface area contributed by atoms with Gasteiger partial charge in [0.25, 0.3) is 5.91 Å². The number of para-hydroxylation sites is 1. The summed E-state index contributed by atoms with van der Waals surface area (Å²) in [7, 11) is 0. The van der Waals surface area contributed by atoms with Crippen LogP contribution in [0.1, 0.15) is 11.1 Å². The van der Waals surface area contributed by atoms with Crippen molar-refractivity contribution in [1.29, 1.82) is 0 Å². The van der Waals surface area contributed by atoms with Crippen LogP contribution in [0.15, 0.2) is 42.6 Å². The summed E-state index contributed by atoms with van der Waals surface area (Å²) in [6.07, 6.45) is 1.73. The summed E-state index contributed by atoms with van der Waals surface area (Å²) in [5, 5.41) is 13.4. The molecular weight excluding hydrogens is 242 g/mol. The number of fused-ring (bicyclic) bond motifs is 1. The molecule has 96 valence electrons. The molecule has 2 heterocycles. The number of anilines is 2. The van der Waals surface area contributed by atoms with Crippen molar-refractivity contribution < 1.29 is 9.90 Å². The average molecular weight is 255 g/mol. The van der Waals surface area contributed by atoms with Crippen LogP contribution in [0.2, 0.25) is 0 Å². The highest BCUT2D eigenvalue weighted by atomic mass is 16.3. The van der Waals surface area contributed by atoms with E-state index in [1.54, 1.807) is 36.5 Å². The first kappa shape index (κ1) is 11.7. The van der Waals surface area contributed by atoms with E-state index in [0.29, 0.717) is 17.1 Å². The summed E-state index contributed by atoms with van der Waals surface area (Å²) >= 11 is 0. The number of nitrogen functional groups attached to an aromatic ring is 1. The molecule has 0 bridgehead atoms. The second kappa shape index (κ2) is 4.07. The number of carbonyl (C=O) groups is 1. The number of nitrogens with zero attached hydrogens (tertiary/aromatic N) is 1. The third-order valence-electron chi connectivity index (χ3n) is 3.30. The molecule has 1 amide bonds. The molecule has 1 aliphatic rings. The van der Waals surface area contributed by atoms with Crippen LogP contribution in [0, 0.1) is 0 Å². The molecule has 0 spiro atoms. The molecule has 0 saturated carbocycles. The molecule has 1 aliphatic heterocycles. The van der Waals surface area contributed by atoms with Gasteiger partial charge in [0.2, 0.25) is 0 Å². The van der Waals surface area contributed by atoms with E-state index in [1.807, 2.05) is 6.07 Å². The van der Waals surface area contributed by atoms with Crippen LogP contribution in [-0.2, 0) is 16.8 Å². The summed E-state index contributed by atoms with van der Waals surface area (Å²) in [5.41, 5.74) is 6.07. The first-order valence-corrected chi connectivity index (χ1v) is 5.93. The zero-order chi connectivity index (χ0) is 13.5. The van der Waals surface area contributed by atoms with E-state index in [2.05, 4.69) is 10.3 Å². The van der Waals surface area contributed by atoms with Crippen LogP contribution >= 0.6 is 0 Å². The zero-order valence-electron chi connectivity index (χ0n) is 10.1. The first-order chi connectivity index (χ1) is 9.09. The average Bonchev–Trinajstić information content (AvgIpc) is 2.62. The fourth-order valence-corrected chi connectivity index (χ4v) is 2.38. The molecule has 0 fully saturated rings. The molecular formula is C14H13N3O2. The normalized spacial score (nSPS) is 21.0. The number of amides is 1. The van der Waals surface area contributed by atoms with Crippen LogP contribution in [0.5, 0.6) is 0 Å². The van der Waals surface area contributed by atoms with Gasteiger partial charge in [0.15, 0.2) is 5.60 Å². The minimum Gasteiger partial charge on any atom is -0.384 e. The number of hydrogen-bond acceptors (Lipinski definition) is 4. The van der Waals surface area contributed by atoms with Crippen molar-refractivity contribution in [2.24, 2.45) is 0 Å². The summed E-state index contributed by atoms with van der Waals surface area (Å²) in [5.74, 6) is -0.0446. The van der Waals surface area contributed by atoms with Crippen LogP contribution < -0.4 is 11.1 Å². The summed E-state index contributed by atoms with van der Waals surface area (Å²) in [4.78, 5) is 15.9. The largest absolute Gasteiger partial charge is 0.384 e. The van der Waals surface area contributed by atoms with Crippen molar-refractivity contribution in [2.45, 2.75) is 12.0 Å². The quantitative estimate of drug-likeness (QED) is 0.748. The Morgan fingerprint density at radius 3 is 2.89 bits per heavy atom. The summed E-state index contributed by atoms with van der Waals surface area (Å²) in [6.45, 7) is 0. The van der Waals surface area contributed by atoms with E-state index in [9.17, 15) is 9.90 Å². The minimum atomic E-state index is -1.55. The van der Waals surface area contributed by atoms with Gasteiger partial charge in [0.1, 0.15) is 5.82 Å². The Kier molecular flexibility index (Phi) is 2.50. The number of carbonyl (C=O) groups excluding carboxylic acids is 1. The maximum atomic E-state index is 12.0. The van der Waals surface area contributed by atoms with Crippen molar-refractivity contribution in [3.05, 3.63) is 53.7 Å². The van der Waals surface area contributed by atoms with E-state index >= 15 is 0 Å². The van der Waals surface area contributed by atoms with Gasteiger partial charge in [-0.25, -0.2) is 4.98 Å². The Morgan fingerprint density at radius 2 is 2.11 bits per heavy atom. The second-order valence-corrected chi connectivity index (χ2v) is 4.63. The number of pyridine rings is 1. The molecule has 1 aromatic carbocycles. The Morgan fingerprint density at radius 1 is 1.32 bits per heavy atom. The molecule has 4 N–H and O–H groups in total. The number of benzene rings is 1. The van der Waals surface area contributed by atoms with E-state index in [-0.39, 0.29) is 6.42 Å². The van der Waals surface area contributed by atoms with Gasteiger partial charge >= 0.3 is 0 Å². The highest BCUT2D eigenvalue weighted by Gasteiger charge is 2.44. The SMILES string of the molecule is Nc1cc(CC2(O)C(=O)Nc3ccccc32)ccn1. The van der Waals surface area contributed by atoms with E-state index in [1.165, 1.54) is 0 Å². The topological polar surface area (TPSA) is 88.2 Å².